The Hall–Kier alpha value is -0.360. The second-order valence-electron chi connectivity index (χ2n) is 5.54. The molecule has 1 aromatic heterocycles. The van der Waals surface area contributed by atoms with Crippen LogP contribution >= 0.6 is 34.8 Å². The Labute approximate surface area is 132 Å². The lowest BCUT2D eigenvalue weighted by atomic mass is 10.0. The molecule has 1 aliphatic rings. The molecule has 4 heteroatoms. The zero-order valence-corrected chi connectivity index (χ0v) is 14.0. The Kier molecular flexibility index (Phi) is 4.27. The maximum absolute atomic E-state index is 5.45. The van der Waals surface area contributed by atoms with E-state index < -0.39 is 0 Å². The number of rotatable bonds is 4. The molecule has 1 aliphatic carbocycles. The van der Waals surface area contributed by atoms with Crippen molar-refractivity contribution >= 4 is 45.8 Å². The molecule has 19 heavy (non-hydrogen) atoms. The Morgan fingerprint density at radius 1 is 1.32 bits per heavy atom. The zero-order valence-electron chi connectivity index (χ0n) is 11.0. The van der Waals surface area contributed by atoms with Crippen LogP contribution in [0.1, 0.15) is 38.5 Å². The number of nitrogens with one attached hydrogen (secondary N) is 1. The molecular formula is C15H19IN2S. The molecule has 1 heterocycles. The Bertz CT molecular complexity index is 623. The number of nitrogens with zero attached hydrogens (tertiary/aromatic N) is 1. The number of aryl methyl sites for hydroxylation is 1. The average molecular weight is 386 g/mol. The summed E-state index contributed by atoms with van der Waals surface area (Å²) in [6, 6.07) is 6.50. The Morgan fingerprint density at radius 3 is 2.89 bits per heavy atom. The van der Waals surface area contributed by atoms with Crippen LogP contribution in [0.4, 0.5) is 0 Å². The Balaban J connectivity index is 1.73. The van der Waals surface area contributed by atoms with E-state index in [-0.39, 0.29) is 0 Å². The molecular weight excluding hydrogens is 367 g/mol. The fourth-order valence-corrected chi connectivity index (χ4v) is 3.99. The van der Waals surface area contributed by atoms with Crippen molar-refractivity contribution in [3.63, 3.8) is 0 Å². The van der Waals surface area contributed by atoms with E-state index in [2.05, 4.69) is 50.3 Å². The lowest BCUT2D eigenvalue weighted by molar-refractivity contribution is 0.460. The first-order valence-electron chi connectivity index (χ1n) is 7.12. The topological polar surface area (TPSA) is 20.7 Å². The third kappa shape index (κ3) is 3.05. The summed E-state index contributed by atoms with van der Waals surface area (Å²) in [6.07, 6.45) is 8.37. The normalized spacial score (nSPS) is 16.5. The second kappa shape index (κ2) is 5.95. The van der Waals surface area contributed by atoms with Gasteiger partial charge in [-0.25, -0.2) is 0 Å². The first-order chi connectivity index (χ1) is 9.24. The highest BCUT2D eigenvalue weighted by atomic mass is 127. The van der Waals surface area contributed by atoms with Gasteiger partial charge in [0.1, 0.15) is 0 Å². The van der Waals surface area contributed by atoms with Crippen molar-refractivity contribution in [2.24, 2.45) is 5.92 Å². The van der Waals surface area contributed by atoms with E-state index in [0.717, 1.165) is 22.8 Å². The van der Waals surface area contributed by atoms with Crippen LogP contribution in [-0.2, 0) is 6.54 Å². The van der Waals surface area contributed by atoms with Gasteiger partial charge in [-0.1, -0.05) is 25.7 Å². The predicted octanol–water partition coefficient (Wildman–Crippen LogP) is 5.27. The third-order valence-corrected chi connectivity index (χ3v) is 5.20. The van der Waals surface area contributed by atoms with Crippen LogP contribution in [0.25, 0.3) is 11.0 Å². The summed E-state index contributed by atoms with van der Waals surface area (Å²) in [5.41, 5.74) is 2.41. The van der Waals surface area contributed by atoms with Gasteiger partial charge in [-0.3, -0.25) is 0 Å². The molecule has 1 saturated carbocycles. The van der Waals surface area contributed by atoms with Crippen LogP contribution in [0.5, 0.6) is 0 Å². The van der Waals surface area contributed by atoms with Gasteiger partial charge in [-0.15, -0.1) is 0 Å². The smallest absolute Gasteiger partial charge is 0.178 e. The monoisotopic (exact) mass is 386 g/mol. The van der Waals surface area contributed by atoms with Crippen LogP contribution < -0.4 is 0 Å². The molecule has 0 spiro atoms. The maximum atomic E-state index is 5.45. The van der Waals surface area contributed by atoms with Gasteiger partial charge in [0.15, 0.2) is 4.77 Å². The number of benzene rings is 1. The molecule has 2 aromatic rings. The van der Waals surface area contributed by atoms with Crippen molar-refractivity contribution in [3.8, 4) is 0 Å². The van der Waals surface area contributed by atoms with E-state index in [1.807, 2.05) is 0 Å². The SMILES string of the molecule is S=c1[nH]c2cc(I)ccc2n1CCCC1CCCC1. The van der Waals surface area contributed by atoms with Gasteiger partial charge in [0.25, 0.3) is 0 Å². The minimum absolute atomic E-state index is 0.864. The van der Waals surface area contributed by atoms with Crippen LogP contribution in [0.3, 0.4) is 0 Å². The lowest BCUT2D eigenvalue weighted by Crippen LogP contribution is -2.01. The van der Waals surface area contributed by atoms with Crippen LogP contribution in [0.2, 0.25) is 0 Å². The van der Waals surface area contributed by atoms with Crippen molar-refractivity contribution in [1.82, 2.24) is 9.55 Å². The fourth-order valence-electron chi connectivity index (χ4n) is 3.19. The molecule has 3 rings (SSSR count). The molecule has 1 aromatic carbocycles. The van der Waals surface area contributed by atoms with Gasteiger partial charge < -0.3 is 9.55 Å². The number of imidazole rings is 1. The van der Waals surface area contributed by atoms with Crippen molar-refractivity contribution in [3.05, 3.63) is 26.5 Å². The first kappa shape index (κ1) is 13.6. The summed E-state index contributed by atoms with van der Waals surface area (Å²) >= 11 is 7.79. The summed E-state index contributed by atoms with van der Waals surface area (Å²) in [5.74, 6) is 0.973. The van der Waals surface area contributed by atoms with Gasteiger partial charge in [0.2, 0.25) is 0 Å². The summed E-state index contributed by atoms with van der Waals surface area (Å²) in [7, 11) is 0. The maximum Gasteiger partial charge on any atom is 0.178 e. The van der Waals surface area contributed by atoms with Crippen LogP contribution in [-0.4, -0.2) is 9.55 Å². The average Bonchev–Trinajstić information content (AvgIpc) is 2.98. The number of fused-ring (bicyclic) bond motifs is 1. The summed E-state index contributed by atoms with van der Waals surface area (Å²) < 4.78 is 4.37. The number of halogens is 1. The fraction of sp³-hybridized carbons (Fsp3) is 0.533. The molecule has 0 aliphatic heterocycles. The molecule has 2 nitrogen and oxygen atoms in total. The molecule has 0 unspecified atom stereocenters. The largest absolute Gasteiger partial charge is 0.331 e. The second-order valence-corrected chi connectivity index (χ2v) is 7.17. The molecule has 102 valence electrons. The van der Waals surface area contributed by atoms with Crippen molar-refractivity contribution in [1.29, 1.82) is 0 Å². The van der Waals surface area contributed by atoms with Gasteiger partial charge in [-0.2, -0.15) is 0 Å². The van der Waals surface area contributed by atoms with Gasteiger partial charge >= 0.3 is 0 Å². The summed E-state index contributed by atoms with van der Waals surface area (Å²) in [5, 5.41) is 0. The standard InChI is InChI=1S/C15H19IN2S/c16-12-7-8-14-13(10-12)17-15(19)18(14)9-3-6-11-4-1-2-5-11/h7-8,10-11H,1-6,9H2,(H,17,19). The number of hydrogen-bond donors (Lipinski definition) is 1. The molecule has 0 atom stereocenters. The van der Waals surface area contributed by atoms with Gasteiger partial charge in [0, 0.05) is 10.1 Å². The number of H-pyrrole nitrogens is 1. The Morgan fingerprint density at radius 2 is 2.11 bits per heavy atom. The lowest BCUT2D eigenvalue weighted by Gasteiger charge is -2.09. The van der Waals surface area contributed by atoms with E-state index in [9.17, 15) is 0 Å². The zero-order chi connectivity index (χ0) is 13.2. The van der Waals surface area contributed by atoms with E-state index in [1.165, 1.54) is 47.6 Å². The van der Waals surface area contributed by atoms with E-state index in [0.29, 0.717) is 0 Å². The predicted molar refractivity (Wildman–Crippen MR) is 91.0 cm³/mol. The number of aromatic nitrogens is 2. The summed E-state index contributed by atoms with van der Waals surface area (Å²) in [6.45, 7) is 1.05. The highest BCUT2D eigenvalue weighted by Crippen LogP contribution is 2.29. The third-order valence-electron chi connectivity index (χ3n) is 4.20. The molecule has 0 amide bonds. The highest BCUT2D eigenvalue weighted by Gasteiger charge is 2.14. The first-order valence-corrected chi connectivity index (χ1v) is 8.61. The minimum atomic E-state index is 0.864. The van der Waals surface area contributed by atoms with E-state index in [1.54, 1.807) is 0 Å². The highest BCUT2D eigenvalue weighted by molar-refractivity contribution is 14.1. The molecule has 0 radical (unpaired) electrons. The molecule has 0 bridgehead atoms. The molecule has 0 saturated heterocycles. The molecule has 1 fully saturated rings. The van der Waals surface area contributed by atoms with Gasteiger partial charge in [-0.05, 0) is 71.8 Å². The summed E-state index contributed by atoms with van der Waals surface area (Å²) in [4.78, 5) is 3.32. The van der Waals surface area contributed by atoms with Crippen molar-refractivity contribution in [2.45, 2.75) is 45.1 Å². The van der Waals surface area contributed by atoms with Crippen LogP contribution in [0, 0.1) is 14.3 Å². The van der Waals surface area contributed by atoms with E-state index >= 15 is 0 Å². The van der Waals surface area contributed by atoms with Gasteiger partial charge in [0.05, 0.1) is 11.0 Å². The minimum Gasteiger partial charge on any atom is -0.331 e. The van der Waals surface area contributed by atoms with Crippen molar-refractivity contribution in [2.75, 3.05) is 0 Å². The quantitative estimate of drug-likeness (QED) is 0.561. The van der Waals surface area contributed by atoms with Crippen molar-refractivity contribution < 1.29 is 0 Å². The van der Waals surface area contributed by atoms with E-state index in [4.69, 9.17) is 12.2 Å². The van der Waals surface area contributed by atoms with Crippen LogP contribution in [0.15, 0.2) is 18.2 Å². The number of aromatic amines is 1. The number of hydrogen-bond acceptors (Lipinski definition) is 1. The molecule has 1 N–H and O–H groups in total.